The largest absolute Gasteiger partial charge is 0.371 e. The third-order valence-corrected chi connectivity index (χ3v) is 5.72. The molecule has 2 heterocycles. The van der Waals surface area contributed by atoms with Gasteiger partial charge in [-0.1, -0.05) is 32.9 Å². The number of hydrogen-bond acceptors (Lipinski definition) is 4. The molecule has 2 aliphatic heterocycles. The highest BCUT2D eigenvalue weighted by atomic mass is 16.2. The quantitative estimate of drug-likeness (QED) is 0.387. The number of rotatable bonds is 5. The highest BCUT2D eigenvalue weighted by molar-refractivity contribution is 6.01. The van der Waals surface area contributed by atoms with Crippen LogP contribution in [0.25, 0.3) is 0 Å². The molecule has 0 aliphatic carbocycles. The molecule has 0 radical (unpaired) electrons. The molecule has 3 N–H and O–H groups in total. The van der Waals surface area contributed by atoms with Crippen LogP contribution in [0.5, 0.6) is 0 Å². The van der Waals surface area contributed by atoms with Gasteiger partial charge in [0.2, 0.25) is 5.91 Å². The number of amides is 3. The lowest BCUT2D eigenvalue weighted by Gasteiger charge is -2.35. The minimum Gasteiger partial charge on any atom is -0.371 e. The van der Waals surface area contributed by atoms with Crippen LogP contribution in [0, 0.1) is 0 Å². The number of benzene rings is 1. The number of guanidine groups is 1. The van der Waals surface area contributed by atoms with E-state index in [0.29, 0.717) is 25.1 Å². The Labute approximate surface area is 179 Å². The van der Waals surface area contributed by atoms with Crippen molar-refractivity contribution in [1.82, 2.24) is 20.9 Å². The summed E-state index contributed by atoms with van der Waals surface area (Å²) in [7, 11) is 1.73. The summed E-state index contributed by atoms with van der Waals surface area (Å²) >= 11 is 0. The summed E-state index contributed by atoms with van der Waals surface area (Å²) in [5, 5.41) is 9.19. The number of carbonyl (C=O) groups is 2. The molecule has 1 aromatic carbocycles. The van der Waals surface area contributed by atoms with Gasteiger partial charge in [0.1, 0.15) is 0 Å². The number of aliphatic imine (C=N–C) groups is 1. The second-order valence-electron chi connectivity index (χ2n) is 8.91. The second-order valence-corrected chi connectivity index (χ2v) is 8.91. The van der Waals surface area contributed by atoms with E-state index in [1.54, 1.807) is 7.05 Å². The van der Waals surface area contributed by atoms with Gasteiger partial charge in [0.05, 0.1) is 6.54 Å². The molecule has 0 bridgehead atoms. The summed E-state index contributed by atoms with van der Waals surface area (Å²) in [6, 6.07) is 8.94. The lowest BCUT2D eigenvalue weighted by Crippen LogP contribution is -2.50. The van der Waals surface area contributed by atoms with Gasteiger partial charge >= 0.3 is 6.03 Å². The zero-order chi connectivity index (χ0) is 21.7. The van der Waals surface area contributed by atoms with E-state index >= 15 is 0 Å². The maximum Gasteiger partial charge on any atom is 0.324 e. The van der Waals surface area contributed by atoms with Crippen LogP contribution in [0.15, 0.2) is 29.3 Å². The smallest absolute Gasteiger partial charge is 0.324 e. The normalized spacial score (nSPS) is 18.6. The fraction of sp³-hybridized carbons (Fsp3) is 0.591. The highest BCUT2D eigenvalue weighted by Gasteiger charge is 2.28. The van der Waals surface area contributed by atoms with Gasteiger partial charge in [-0.05, 0) is 36.0 Å². The zero-order valence-electron chi connectivity index (χ0n) is 18.5. The van der Waals surface area contributed by atoms with Gasteiger partial charge in [-0.15, -0.1) is 0 Å². The van der Waals surface area contributed by atoms with Gasteiger partial charge in [0.15, 0.2) is 5.96 Å². The van der Waals surface area contributed by atoms with E-state index < -0.39 is 0 Å². The van der Waals surface area contributed by atoms with Crippen LogP contribution in [-0.2, 0) is 10.2 Å². The minimum atomic E-state index is -0.326. The number of urea groups is 1. The third-order valence-electron chi connectivity index (χ3n) is 5.72. The molecule has 164 valence electrons. The van der Waals surface area contributed by atoms with E-state index in [4.69, 9.17) is 0 Å². The third kappa shape index (κ3) is 5.43. The van der Waals surface area contributed by atoms with E-state index in [2.05, 4.69) is 70.9 Å². The first kappa shape index (κ1) is 21.9. The van der Waals surface area contributed by atoms with Crippen LogP contribution < -0.4 is 20.9 Å². The monoisotopic (exact) mass is 414 g/mol. The first-order chi connectivity index (χ1) is 14.3. The summed E-state index contributed by atoms with van der Waals surface area (Å²) in [6.45, 7) is 9.57. The number of nitrogens with one attached hydrogen (secondary N) is 3. The SMILES string of the molecule is CN=C(NCCN1C(=O)CNC1=O)NC1CCN(c2ccc(C(C)(C)C)cc2)CC1. The van der Waals surface area contributed by atoms with Crippen LogP contribution in [0.2, 0.25) is 0 Å². The standard InChI is InChI=1S/C22H34N6O2/c1-22(2,3)16-5-7-18(8-6-16)27-12-9-17(10-13-27)26-20(23-4)24-11-14-28-19(29)15-25-21(28)30/h5-8,17H,9-15H2,1-4H3,(H,25,30)(H2,23,24,26). The lowest BCUT2D eigenvalue weighted by molar-refractivity contribution is -0.124. The van der Waals surface area contributed by atoms with E-state index in [0.717, 1.165) is 25.9 Å². The summed E-state index contributed by atoms with van der Waals surface area (Å²) in [5.74, 6) is 0.516. The Balaban J connectivity index is 1.43. The van der Waals surface area contributed by atoms with Gasteiger partial charge in [0, 0.05) is 45.0 Å². The Morgan fingerprint density at radius 3 is 2.37 bits per heavy atom. The van der Waals surface area contributed by atoms with Gasteiger partial charge in [-0.25, -0.2) is 4.79 Å². The number of piperidine rings is 1. The van der Waals surface area contributed by atoms with E-state index in [9.17, 15) is 9.59 Å². The van der Waals surface area contributed by atoms with Crippen molar-refractivity contribution in [2.75, 3.05) is 44.7 Å². The fourth-order valence-corrected chi connectivity index (χ4v) is 3.81. The van der Waals surface area contributed by atoms with E-state index in [1.807, 2.05) is 0 Å². The Morgan fingerprint density at radius 1 is 1.17 bits per heavy atom. The average Bonchev–Trinajstić information content (AvgIpc) is 3.05. The van der Waals surface area contributed by atoms with Crippen LogP contribution >= 0.6 is 0 Å². The second kappa shape index (κ2) is 9.36. The molecule has 1 aromatic rings. The number of imide groups is 1. The van der Waals surface area contributed by atoms with Crippen molar-refractivity contribution >= 4 is 23.6 Å². The molecule has 8 heteroatoms. The van der Waals surface area contributed by atoms with Crippen LogP contribution in [0.3, 0.4) is 0 Å². The average molecular weight is 415 g/mol. The molecule has 0 spiro atoms. The summed E-state index contributed by atoms with van der Waals surface area (Å²) in [4.78, 5) is 31.1. The molecule has 3 amide bonds. The summed E-state index contributed by atoms with van der Waals surface area (Å²) in [5.41, 5.74) is 2.80. The first-order valence-corrected chi connectivity index (χ1v) is 10.7. The molecule has 2 aliphatic rings. The molecule has 3 rings (SSSR count). The molecule has 30 heavy (non-hydrogen) atoms. The van der Waals surface area contributed by atoms with Crippen molar-refractivity contribution in [1.29, 1.82) is 0 Å². The number of carbonyl (C=O) groups excluding carboxylic acids is 2. The Kier molecular flexibility index (Phi) is 6.84. The molecule has 2 saturated heterocycles. The molecule has 0 saturated carbocycles. The van der Waals surface area contributed by atoms with Crippen molar-refractivity contribution in [3.8, 4) is 0 Å². The Hall–Kier alpha value is -2.77. The Bertz CT molecular complexity index is 760. The van der Waals surface area contributed by atoms with Crippen molar-refractivity contribution in [2.45, 2.75) is 45.1 Å². The zero-order valence-corrected chi connectivity index (χ0v) is 18.5. The molecule has 0 atom stereocenters. The van der Waals surface area contributed by atoms with Crippen LogP contribution in [0.4, 0.5) is 10.5 Å². The number of nitrogens with zero attached hydrogens (tertiary/aromatic N) is 3. The van der Waals surface area contributed by atoms with Gasteiger partial charge in [-0.2, -0.15) is 0 Å². The molecule has 8 nitrogen and oxygen atoms in total. The van der Waals surface area contributed by atoms with E-state index in [-0.39, 0.29) is 23.9 Å². The predicted octanol–water partition coefficient (Wildman–Crippen LogP) is 1.67. The molecule has 0 unspecified atom stereocenters. The predicted molar refractivity (Wildman–Crippen MR) is 120 cm³/mol. The first-order valence-electron chi connectivity index (χ1n) is 10.7. The maximum atomic E-state index is 11.6. The lowest BCUT2D eigenvalue weighted by atomic mass is 9.87. The maximum absolute atomic E-state index is 11.6. The van der Waals surface area contributed by atoms with Crippen LogP contribution in [-0.4, -0.2) is 68.6 Å². The minimum absolute atomic E-state index is 0.0866. The van der Waals surface area contributed by atoms with Crippen molar-refractivity contribution in [3.05, 3.63) is 29.8 Å². The summed E-state index contributed by atoms with van der Waals surface area (Å²) in [6.07, 6.45) is 2.05. The van der Waals surface area contributed by atoms with Crippen molar-refractivity contribution in [2.24, 2.45) is 4.99 Å². The molecular weight excluding hydrogens is 380 g/mol. The fourth-order valence-electron chi connectivity index (χ4n) is 3.81. The van der Waals surface area contributed by atoms with Gasteiger partial charge in [-0.3, -0.25) is 14.7 Å². The van der Waals surface area contributed by atoms with Crippen molar-refractivity contribution < 1.29 is 9.59 Å². The van der Waals surface area contributed by atoms with Gasteiger partial charge < -0.3 is 20.9 Å². The summed E-state index contributed by atoms with van der Waals surface area (Å²) < 4.78 is 0. The van der Waals surface area contributed by atoms with E-state index in [1.165, 1.54) is 16.2 Å². The number of anilines is 1. The number of hydrogen-bond donors (Lipinski definition) is 3. The molecule has 0 aromatic heterocycles. The highest BCUT2D eigenvalue weighted by Crippen LogP contribution is 2.26. The topological polar surface area (TPSA) is 89.1 Å². The Morgan fingerprint density at radius 2 is 1.83 bits per heavy atom. The van der Waals surface area contributed by atoms with Gasteiger partial charge in [0.25, 0.3) is 0 Å². The van der Waals surface area contributed by atoms with Crippen molar-refractivity contribution in [3.63, 3.8) is 0 Å². The van der Waals surface area contributed by atoms with Crippen LogP contribution in [0.1, 0.15) is 39.2 Å². The molecule has 2 fully saturated rings. The molecular formula is C22H34N6O2.